The number of ether oxygens (including phenoxy) is 1. The molecule has 0 radical (unpaired) electrons. The molecule has 2 nitrogen and oxygen atoms in total. The lowest BCUT2D eigenvalue weighted by molar-refractivity contribution is 0.00973. The van der Waals surface area contributed by atoms with Crippen LogP contribution in [0, 0.1) is 5.82 Å². The zero-order valence-corrected chi connectivity index (χ0v) is 11.3. The van der Waals surface area contributed by atoms with Gasteiger partial charge in [-0.05, 0) is 42.3 Å². The van der Waals surface area contributed by atoms with Crippen molar-refractivity contribution in [2.24, 2.45) is 5.73 Å². The molecule has 0 aliphatic carbocycles. The van der Waals surface area contributed by atoms with Crippen LogP contribution in [0.1, 0.15) is 31.9 Å². The lowest BCUT2D eigenvalue weighted by Crippen LogP contribution is -2.29. The molecule has 90 valence electrons. The Labute approximate surface area is 104 Å². The molecule has 2 N–H and O–H groups in total. The van der Waals surface area contributed by atoms with Crippen LogP contribution in [0.25, 0.3) is 0 Å². The second kappa shape index (κ2) is 5.25. The normalized spacial score (nSPS) is 13.9. The van der Waals surface area contributed by atoms with Crippen LogP contribution in [0.2, 0.25) is 0 Å². The van der Waals surface area contributed by atoms with E-state index in [4.69, 9.17) is 10.5 Å². The third-order valence-corrected chi connectivity index (χ3v) is 3.26. The van der Waals surface area contributed by atoms with Crippen LogP contribution in [-0.4, -0.2) is 12.7 Å². The van der Waals surface area contributed by atoms with E-state index in [1.807, 2.05) is 13.8 Å². The van der Waals surface area contributed by atoms with E-state index in [-0.39, 0.29) is 17.5 Å². The van der Waals surface area contributed by atoms with E-state index < -0.39 is 0 Å². The summed E-state index contributed by atoms with van der Waals surface area (Å²) in [4.78, 5) is 0. The zero-order chi connectivity index (χ0) is 12.3. The van der Waals surface area contributed by atoms with Gasteiger partial charge in [-0.1, -0.05) is 12.1 Å². The minimum Gasteiger partial charge on any atom is -0.379 e. The Morgan fingerprint density at radius 3 is 2.69 bits per heavy atom. The van der Waals surface area contributed by atoms with Gasteiger partial charge in [-0.3, -0.25) is 0 Å². The largest absolute Gasteiger partial charge is 0.379 e. The highest BCUT2D eigenvalue weighted by atomic mass is 79.9. The Hall–Kier alpha value is -0.450. The Morgan fingerprint density at radius 1 is 1.50 bits per heavy atom. The Balaban J connectivity index is 2.89. The van der Waals surface area contributed by atoms with Crippen molar-refractivity contribution in [1.82, 2.24) is 0 Å². The van der Waals surface area contributed by atoms with Gasteiger partial charge in [-0.15, -0.1) is 0 Å². The maximum absolute atomic E-state index is 13.8. The summed E-state index contributed by atoms with van der Waals surface area (Å²) in [5, 5.41) is 0. The second-order valence-electron chi connectivity index (χ2n) is 4.42. The van der Waals surface area contributed by atoms with E-state index in [9.17, 15) is 4.39 Å². The summed E-state index contributed by atoms with van der Waals surface area (Å²) in [5.74, 6) is -0.290. The van der Waals surface area contributed by atoms with Gasteiger partial charge in [0.2, 0.25) is 0 Å². The van der Waals surface area contributed by atoms with Crippen LogP contribution in [0.15, 0.2) is 22.7 Å². The molecule has 0 amide bonds. The molecule has 0 saturated heterocycles. The first-order valence-corrected chi connectivity index (χ1v) is 5.91. The molecular formula is C12H17BrFNO. The average molecular weight is 290 g/mol. The smallest absolute Gasteiger partial charge is 0.142 e. The molecule has 16 heavy (non-hydrogen) atoms. The molecule has 0 aromatic heterocycles. The van der Waals surface area contributed by atoms with Gasteiger partial charge in [-0.25, -0.2) is 4.39 Å². The molecule has 0 aliphatic rings. The summed E-state index contributed by atoms with van der Waals surface area (Å²) in [5.41, 5.74) is 6.15. The molecule has 0 aliphatic heterocycles. The minimum atomic E-state index is -0.368. The van der Waals surface area contributed by atoms with Crippen LogP contribution >= 0.6 is 15.9 Å². The SMILES string of the molecule is COC(C)(C)CC(N)c1cccc(Br)c1F. The van der Waals surface area contributed by atoms with E-state index in [2.05, 4.69) is 15.9 Å². The topological polar surface area (TPSA) is 35.2 Å². The third-order valence-electron chi connectivity index (χ3n) is 2.65. The number of methoxy groups -OCH3 is 1. The van der Waals surface area contributed by atoms with Gasteiger partial charge in [0.05, 0.1) is 10.1 Å². The van der Waals surface area contributed by atoms with Crippen LogP contribution in [0.5, 0.6) is 0 Å². The van der Waals surface area contributed by atoms with Crippen molar-refractivity contribution in [2.75, 3.05) is 7.11 Å². The van der Waals surface area contributed by atoms with Gasteiger partial charge in [-0.2, -0.15) is 0 Å². The van der Waals surface area contributed by atoms with E-state index in [0.29, 0.717) is 16.5 Å². The fourth-order valence-electron chi connectivity index (χ4n) is 1.53. The molecule has 1 rings (SSSR count). The summed E-state index contributed by atoms with van der Waals surface area (Å²) in [6.07, 6.45) is 0.566. The summed E-state index contributed by atoms with van der Waals surface area (Å²) in [6, 6.07) is 4.78. The molecule has 0 heterocycles. The van der Waals surface area contributed by atoms with Gasteiger partial charge in [0.1, 0.15) is 5.82 Å². The van der Waals surface area contributed by atoms with E-state index in [1.54, 1.807) is 25.3 Å². The number of hydrogen-bond donors (Lipinski definition) is 1. The quantitative estimate of drug-likeness (QED) is 0.922. The Kier molecular flexibility index (Phi) is 4.47. The highest BCUT2D eigenvalue weighted by molar-refractivity contribution is 9.10. The third kappa shape index (κ3) is 3.27. The van der Waals surface area contributed by atoms with E-state index in [1.165, 1.54) is 0 Å². The molecule has 1 atom stereocenters. The minimum absolute atomic E-state index is 0.290. The molecule has 0 bridgehead atoms. The van der Waals surface area contributed by atoms with Crippen molar-refractivity contribution in [3.05, 3.63) is 34.1 Å². The molecule has 0 spiro atoms. The van der Waals surface area contributed by atoms with Crippen molar-refractivity contribution < 1.29 is 9.13 Å². The maximum Gasteiger partial charge on any atom is 0.142 e. The number of halogens is 2. The van der Waals surface area contributed by atoms with Gasteiger partial charge >= 0.3 is 0 Å². The lowest BCUT2D eigenvalue weighted by atomic mass is 9.94. The van der Waals surface area contributed by atoms with Gasteiger partial charge < -0.3 is 10.5 Å². The molecule has 1 unspecified atom stereocenters. The maximum atomic E-state index is 13.8. The van der Waals surface area contributed by atoms with Crippen molar-refractivity contribution in [3.8, 4) is 0 Å². The summed E-state index contributed by atoms with van der Waals surface area (Å²) in [7, 11) is 1.63. The van der Waals surface area contributed by atoms with Crippen molar-refractivity contribution in [3.63, 3.8) is 0 Å². The van der Waals surface area contributed by atoms with Crippen LogP contribution < -0.4 is 5.73 Å². The summed E-state index contributed by atoms with van der Waals surface area (Å²) in [6.45, 7) is 3.87. The number of hydrogen-bond acceptors (Lipinski definition) is 2. The summed E-state index contributed by atoms with van der Waals surface area (Å²) >= 11 is 3.15. The highest BCUT2D eigenvalue weighted by Gasteiger charge is 2.23. The first kappa shape index (κ1) is 13.6. The fourth-order valence-corrected chi connectivity index (χ4v) is 1.91. The van der Waals surface area contributed by atoms with Crippen LogP contribution in [0.3, 0.4) is 0 Å². The first-order chi connectivity index (χ1) is 7.37. The van der Waals surface area contributed by atoms with Crippen LogP contribution in [-0.2, 0) is 4.74 Å². The van der Waals surface area contributed by atoms with Gasteiger partial charge in [0, 0.05) is 18.7 Å². The lowest BCUT2D eigenvalue weighted by Gasteiger charge is -2.26. The number of nitrogens with two attached hydrogens (primary N) is 1. The van der Waals surface area contributed by atoms with E-state index >= 15 is 0 Å². The van der Waals surface area contributed by atoms with Crippen molar-refractivity contribution in [2.45, 2.75) is 31.9 Å². The Bertz CT molecular complexity index is 368. The monoisotopic (exact) mass is 289 g/mol. The highest BCUT2D eigenvalue weighted by Crippen LogP contribution is 2.28. The standard InChI is InChI=1S/C12H17BrFNO/c1-12(2,16-3)7-10(15)8-5-4-6-9(13)11(8)14/h4-6,10H,7,15H2,1-3H3. The number of benzene rings is 1. The molecule has 0 fully saturated rings. The Morgan fingerprint density at radius 2 is 2.12 bits per heavy atom. The fraction of sp³-hybridized carbons (Fsp3) is 0.500. The molecule has 1 aromatic carbocycles. The zero-order valence-electron chi connectivity index (χ0n) is 9.76. The molecule has 0 saturated carbocycles. The molecular weight excluding hydrogens is 273 g/mol. The number of rotatable bonds is 4. The summed E-state index contributed by atoms with van der Waals surface area (Å²) < 4.78 is 19.5. The van der Waals surface area contributed by atoms with Gasteiger partial charge in [0.15, 0.2) is 0 Å². The second-order valence-corrected chi connectivity index (χ2v) is 5.27. The molecule has 4 heteroatoms. The predicted molar refractivity (Wildman–Crippen MR) is 66.7 cm³/mol. The van der Waals surface area contributed by atoms with Gasteiger partial charge in [0.25, 0.3) is 0 Å². The average Bonchev–Trinajstić information content (AvgIpc) is 2.21. The van der Waals surface area contributed by atoms with Crippen molar-refractivity contribution in [1.29, 1.82) is 0 Å². The predicted octanol–water partition coefficient (Wildman–Crippen LogP) is 3.40. The van der Waals surface area contributed by atoms with Crippen LogP contribution in [0.4, 0.5) is 4.39 Å². The van der Waals surface area contributed by atoms with E-state index in [0.717, 1.165) is 0 Å². The van der Waals surface area contributed by atoms with Crippen molar-refractivity contribution >= 4 is 15.9 Å². The molecule has 1 aromatic rings. The first-order valence-electron chi connectivity index (χ1n) is 5.12.